The molecule has 5 atom stereocenters. The van der Waals surface area contributed by atoms with Crippen molar-refractivity contribution in [3.05, 3.63) is 48.0 Å². The molecule has 0 spiro atoms. The van der Waals surface area contributed by atoms with Crippen LogP contribution in [-0.2, 0) is 9.59 Å². The van der Waals surface area contributed by atoms with Crippen LogP contribution in [0.2, 0.25) is 0 Å². The van der Waals surface area contributed by atoms with Crippen molar-refractivity contribution in [3.8, 4) is 0 Å². The second kappa shape index (κ2) is 4.05. The third-order valence-corrected chi connectivity index (χ3v) is 5.17. The molecule has 2 bridgehead atoms. The molecule has 0 radical (unpaired) electrons. The molecule has 0 unspecified atom stereocenters. The Morgan fingerprint density at radius 2 is 1.55 bits per heavy atom. The summed E-state index contributed by atoms with van der Waals surface area (Å²) in [5.41, 5.74) is 1.02. The van der Waals surface area contributed by atoms with Crippen LogP contribution in [0.25, 0.3) is 0 Å². The maximum atomic E-state index is 12.7. The summed E-state index contributed by atoms with van der Waals surface area (Å²) in [7, 11) is 0. The highest BCUT2D eigenvalue weighted by Crippen LogP contribution is 2.53. The molecular weight excluding hydrogens is 250 g/mol. The van der Waals surface area contributed by atoms with Crippen molar-refractivity contribution in [1.29, 1.82) is 0 Å². The quantitative estimate of drug-likeness (QED) is 0.610. The molecule has 2 aliphatic carbocycles. The van der Waals surface area contributed by atoms with Gasteiger partial charge >= 0.3 is 0 Å². The number of hydrogen-bond acceptors (Lipinski definition) is 2. The molecule has 4 rings (SSSR count). The highest BCUT2D eigenvalue weighted by Gasteiger charge is 2.60. The molecule has 3 heteroatoms. The van der Waals surface area contributed by atoms with E-state index in [4.69, 9.17) is 0 Å². The Hall–Kier alpha value is -1.90. The van der Waals surface area contributed by atoms with Crippen LogP contribution in [0.5, 0.6) is 0 Å². The van der Waals surface area contributed by atoms with E-state index in [0.29, 0.717) is 0 Å². The fourth-order valence-corrected chi connectivity index (χ4v) is 4.19. The third kappa shape index (κ3) is 1.41. The summed E-state index contributed by atoms with van der Waals surface area (Å²) >= 11 is 0. The minimum Gasteiger partial charge on any atom is -0.275 e. The summed E-state index contributed by atoms with van der Waals surface area (Å²) in [6.45, 7) is 1.95. The standard InChI is InChI=1S/C17H17NO2/c1-10(11-5-3-2-4-6-11)18-16(19)14-12-7-8-13(9-12)15(14)17(18)20/h2-8,10,12-15H,9H2,1H3/t10-,12+,13+,14-,15+/m0/s1. The van der Waals surface area contributed by atoms with Crippen LogP contribution in [0.1, 0.15) is 24.9 Å². The van der Waals surface area contributed by atoms with Gasteiger partial charge in [0.2, 0.25) is 11.8 Å². The van der Waals surface area contributed by atoms with Crippen molar-refractivity contribution in [1.82, 2.24) is 4.90 Å². The van der Waals surface area contributed by atoms with Crippen LogP contribution in [0.3, 0.4) is 0 Å². The first-order chi connectivity index (χ1) is 9.68. The van der Waals surface area contributed by atoms with Crippen molar-refractivity contribution in [2.24, 2.45) is 23.7 Å². The van der Waals surface area contributed by atoms with Gasteiger partial charge in [0.1, 0.15) is 0 Å². The maximum Gasteiger partial charge on any atom is 0.234 e. The maximum absolute atomic E-state index is 12.7. The second-order valence-corrected chi connectivity index (χ2v) is 6.13. The number of hydrogen-bond donors (Lipinski definition) is 0. The number of imide groups is 1. The Morgan fingerprint density at radius 3 is 2.10 bits per heavy atom. The number of amides is 2. The lowest BCUT2D eigenvalue weighted by molar-refractivity contribution is -0.143. The van der Waals surface area contributed by atoms with Crippen LogP contribution in [0, 0.1) is 23.7 Å². The number of carbonyl (C=O) groups is 2. The molecule has 3 aliphatic rings. The van der Waals surface area contributed by atoms with Gasteiger partial charge in [0, 0.05) is 0 Å². The monoisotopic (exact) mass is 267 g/mol. The lowest BCUT2D eigenvalue weighted by Crippen LogP contribution is -2.35. The molecule has 2 fully saturated rings. The van der Waals surface area contributed by atoms with Gasteiger partial charge in [0.05, 0.1) is 17.9 Å². The van der Waals surface area contributed by atoms with Gasteiger partial charge in [-0.05, 0) is 30.7 Å². The van der Waals surface area contributed by atoms with E-state index in [1.807, 2.05) is 37.3 Å². The molecule has 20 heavy (non-hydrogen) atoms. The van der Waals surface area contributed by atoms with Gasteiger partial charge in [-0.15, -0.1) is 0 Å². The SMILES string of the molecule is C[C@@H](c1ccccc1)N1C(=O)[C@@H]2[C@H](C1=O)[C@@H]1C=C[C@@H]2C1. The molecule has 1 saturated carbocycles. The predicted octanol–water partition coefficient (Wildman–Crippen LogP) is 2.55. The highest BCUT2D eigenvalue weighted by atomic mass is 16.2. The molecule has 1 aromatic carbocycles. The molecule has 3 nitrogen and oxygen atoms in total. The molecule has 0 aromatic heterocycles. The molecule has 2 amide bonds. The van der Waals surface area contributed by atoms with E-state index in [1.165, 1.54) is 4.90 Å². The Kier molecular flexibility index (Phi) is 2.40. The summed E-state index contributed by atoms with van der Waals surface area (Å²) in [6, 6.07) is 9.63. The molecule has 0 N–H and O–H groups in total. The van der Waals surface area contributed by atoms with Gasteiger partial charge in [0.25, 0.3) is 0 Å². The normalized spacial score (nSPS) is 35.8. The van der Waals surface area contributed by atoms with Crippen LogP contribution < -0.4 is 0 Å². The zero-order valence-corrected chi connectivity index (χ0v) is 11.4. The summed E-state index contributed by atoms with van der Waals surface area (Å²) < 4.78 is 0. The van der Waals surface area contributed by atoms with E-state index < -0.39 is 0 Å². The lowest BCUT2D eigenvalue weighted by atomic mass is 9.85. The van der Waals surface area contributed by atoms with E-state index in [1.54, 1.807) is 0 Å². The Morgan fingerprint density at radius 1 is 1.00 bits per heavy atom. The average molecular weight is 267 g/mol. The number of fused-ring (bicyclic) bond motifs is 5. The first kappa shape index (κ1) is 11.9. The van der Waals surface area contributed by atoms with Gasteiger partial charge in [0.15, 0.2) is 0 Å². The van der Waals surface area contributed by atoms with Crippen LogP contribution in [0.4, 0.5) is 0 Å². The summed E-state index contributed by atoms with van der Waals surface area (Å²) in [5.74, 6) is 0.456. The van der Waals surface area contributed by atoms with Gasteiger partial charge in [-0.3, -0.25) is 14.5 Å². The van der Waals surface area contributed by atoms with Crippen molar-refractivity contribution in [3.63, 3.8) is 0 Å². The van der Waals surface area contributed by atoms with Crippen LogP contribution in [0.15, 0.2) is 42.5 Å². The minimum absolute atomic E-state index is 0.0354. The number of nitrogens with zero attached hydrogens (tertiary/aromatic N) is 1. The predicted molar refractivity (Wildman–Crippen MR) is 74.4 cm³/mol. The average Bonchev–Trinajstić information content (AvgIpc) is 3.14. The largest absolute Gasteiger partial charge is 0.275 e. The van der Waals surface area contributed by atoms with E-state index in [0.717, 1.165) is 12.0 Å². The van der Waals surface area contributed by atoms with E-state index in [9.17, 15) is 9.59 Å². The van der Waals surface area contributed by atoms with Crippen molar-refractivity contribution < 1.29 is 9.59 Å². The lowest BCUT2D eigenvalue weighted by Gasteiger charge is -2.24. The fraction of sp³-hybridized carbons (Fsp3) is 0.412. The number of likely N-dealkylation sites (tertiary alicyclic amines) is 1. The van der Waals surface area contributed by atoms with Crippen molar-refractivity contribution in [2.45, 2.75) is 19.4 Å². The van der Waals surface area contributed by atoms with Gasteiger partial charge in [-0.2, -0.15) is 0 Å². The third-order valence-electron chi connectivity index (χ3n) is 5.17. The Bertz CT molecular complexity index is 577. The van der Waals surface area contributed by atoms with E-state index >= 15 is 0 Å². The summed E-state index contributed by atoms with van der Waals surface area (Å²) in [5, 5.41) is 0. The molecule has 1 aliphatic heterocycles. The molecule has 102 valence electrons. The topological polar surface area (TPSA) is 37.4 Å². The molecular formula is C17H17NO2. The van der Waals surface area contributed by atoms with Gasteiger partial charge in [-0.25, -0.2) is 0 Å². The number of benzene rings is 1. The van der Waals surface area contributed by atoms with E-state index in [2.05, 4.69) is 12.2 Å². The second-order valence-electron chi connectivity index (χ2n) is 6.13. The molecule has 1 aromatic rings. The van der Waals surface area contributed by atoms with Crippen molar-refractivity contribution >= 4 is 11.8 Å². The highest BCUT2D eigenvalue weighted by molar-refractivity contribution is 6.06. The Labute approximate surface area is 118 Å². The fourth-order valence-electron chi connectivity index (χ4n) is 4.19. The first-order valence-corrected chi connectivity index (χ1v) is 7.28. The van der Waals surface area contributed by atoms with Crippen LogP contribution >= 0.6 is 0 Å². The van der Waals surface area contributed by atoms with E-state index in [-0.39, 0.29) is 41.5 Å². The molecule has 1 saturated heterocycles. The number of rotatable bonds is 2. The van der Waals surface area contributed by atoms with Gasteiger partial charge < -0.3 is 0 Å². The van der Waals surface area contributed by atoms with Gasteiger partial charge in [-0.1, -0.05) is 42.5 Å². The molecule has 1 heterocycles. The first-order valence-electron chi connectivity index (χ1n) is 7.28. The zero-order valence-electron chi connectivity index (χ0n) is 11.4. The smallest absolute Gasteiger partial charge is 0.234 e. The number of carbonyl (C=O) groups excluding carboxylic acids is 2. The summed E-state index contributed by atoms with van der Waals surface area (Å²) in [4.78, 5) is 26.9. The van der Waals surface area contributed by atoms with Crippen LogP contribution in [-0.4, -0.2) is 16.7 Å². The summed E-state index contributed by atoms with van der Waals surface area (Å²) in [6.07, 6.45) is 5.25. The zero-order chi connectivity index (χ0) is 13.9. The minimum atomic E-state index is -0.166. The number of allylic oxidation sites excluding steroid dienone is 2. The Balaban J connectivity index is 1.68. The van der Waals surface area contributed by atoms with Crippen molar-refractivity contribution in [2.75, 3.05) is 0 Å².